The van der Waals surface area contributed by atoms with Crippen LogP contribution in [0, 0.1) is 0 Å². The average molecular weight is 241 g/mol. The molecule has 0 unspecified atom stereocenters. The number of carbonyl (C=O) groups is 1. The predicted octanol–water partition coefficient (Wildman–Crippen LogP) is 2.20. The molecule has 0 fully saturated rings. The summed E-state index contributed by atoms with van der Waals surface area (Å²) >= 11 is 5.94. The zero-order chi connectivity index (χ0) is 12.0. The van der Waals surface area contributed by atoms with E-state index in [0.29, 0.717) is 18.2 Å². The molecule has 1 aromatic heterocycles. The van der Waals surface area contributed by atoms with E-state index in [1.54, 1.807) is 24.4 Å². The molecule has 0 aromatic carbocycles. The summed E-state index contributed by atoms with van der Waals surface area (Å²) in [5.74, 6) is -0.839. The first-order chi connectivity index (χ1) is 7.65. The fourth-order valence-electron chi connectivity index (χ4n) is 1.31. The van der Waals surface area contributed by atoms with E-state index in [4.69, 9.17) is 16.7 Å². The van der Waals surface area contributed by atoms with Crippen molar-refractivity contribution >= 4 is 23.3 Å². The van der Waals surface area contributed by atoms with Crippen molar-refractivity contribution in [2.24, 2.45) is 0 Å². The van der Waals surface area contributed by atoms with Crippen LogP contribution in [0.1, 0.15) is 6.42 Å². The lowest BCUT2D eigenvalue weighted by Crippen LogP contribution is -2.26. The van der Waals surface area contributed by atoms with Gasteiger partial charge in [-0.3, -0.25) is 4.79 Å². The Kier molecular flexibility index (Phi) is 4.79. The van der Waals surface area contributed by atoms with Crippen LogP contribution in [0.4, 0.5) is 5.69 Å². The van der Waals surface area contributed by atoms with Gasteiger partial charge in [-0.05, 0) is 12.1 Å². The van der Waals surface area contributed by atoms with Crippen molar-refractivity contribution in [3.63, 3.8) is 0 Å². The summed E-state index contributed by atoms with van der Waals surface area (Å²) in [6.07, 6.45) is 3.35. The van der Waals surface area contributed by atoms with Crippen LogP contribution < -0.4 is 4.90 Å². The molecule has 1 aromatic rings. The minimum Gasteiger partial charge on any atom is -0.481 e. The Morgan fingerprint density at radius 2 is 2.44 bits per heavy atom. The van der Waals surface area contributed by atoms with Gasteiger partial charge < -0.3 is 10.0 Å². The van der Waals surface area contributed by atoms with Crippen LogP contribution in [0.15, 0.2) is 31.0 Å². The normalized spacial score (nSPS) is 9.81. The van der Waals surface area contributed by atoms with Crippen molar-refractivity contribution in [1.29, 1.82) is 0 Å². The van der Waals surface area contributed by atoms with Crippen LogP contribution >= 0.6 is 11.6 Å². The van der Waals surface area contributed by atoms with Crippen LogP contribution in [-0.2, 0) is 4.79 Å². The van der Waals surface area contributed by atoms with Crippen molar-refractivity contribution in [2.75, 3.05) is 18.0 Å². The molecule has 1 heterocycles. The first-order valence-electron chi connectivity index (χ1n) is 4.83. The highest BCUT2D eigenvalue weighted by Gasteiger charge is 2.10. The van der Waals surface area contributed by atoms with Crippen LogP contribution in [-0.4, -0.2) is 29.1 Å². The van der Waals surface area contributed by atoms with Gasteiger partial charge in [-0.1, -0.05) is 17.7 Å². The lowest BCUT2D eigenvalue weighted by atomic mass is 10.3. The molecule has 0 atom stereocenters. The SMILES string of the molecule is C=CCN(CCC(=O)O)c1cccnc1Cl. The van der Waals surface area contributed by atoms with Crippen molar-refractivity contribution in [2.45, 2.75) is 6.42 Å². The van der Waals surface area contributed by atoms with Crippen molar-refractivity contribution in [3.05, 3.63) is 36.1 Å². The van der Waals surface area contributed by atoms with Gasteiger partial charge in [-0.2, -0.15) is 0 Å². The summed E-state index contributed by atoms with van der Waals surface area (Å²) in [6, 6.07) is 3.57. The topological polar surface area (TPSA) is 53.4 Å². The average Bonchev–Trinajstić information content (AvgIpc) is 2.25. The number of anilines is 1. The van der Waals surface area contributed by atoms with Crippen molar-refractivity contribution in [3.8, 4) is 0 Å². The van der Waals surface area contributed by atoms with Gasteiger partial charge >= 0.3 is 5.97 Å². The Bertz CT molecular complexity index is 382. The van der Waals surface area contributed by atoms with E-state index < -0.39 is 5.97 Å². The molecular weight excluding hydrogens is 228 g/mol. The Hall–Kier alpha value is -1.55. The lowest BCUT2D eigenvalue weighted by Gasteiger charge is -2.22. The van der Waals surface area contributed by atoms with Gasteiger partial charge in [0.2, 0.25) is 0 Å². The Balaban J connectivity index is 2.80. The minimum atomic E-state index is -0.839. The first-order valence-corrected chi connectivity index (χ1v) is 5.21. The van der Waals surface area contributed by atoms with E-state index in [-0.39, 0.29) is 6.42 Å². The van der Waals surface area contributed by atoms with Gasteiger partial charge in [0.25, 0.3) is 0 Å². The number of hydrogen-bond donors (Lipinski definition) is 1. The minimum absolute atomic E-state index is 0.0546. The number of aromatic nitrogens is 1. The van der Waals surface area contributed by atoms with Crippen LogP contribution in [0.5, 0.6) is 0 Å². The molecule has 0 aliphatic carbocycles. The molecule has 4 nitrogen and oxygen atoms in total. The number of aliphatic carboxylic acids is 1. The van der Waals surface area contributed by atoms with Gasteiger partial charge in [-0.25, -0.2) is 4.98 Å². The van der Waals surface area contributed by atoms with E-state index in [1.807, 2.05) is 4.90 Å². The van der Waals surface area contributed by atoms with E-state index in [0.717, 1.165) is 5.69 Å². The molecule has 0 radical (unpaired) electrons. The maximum absolute atomic E-state index is 10.5. The van der Waals surface area contributed by atoms with Crippen LogP contribution in [0.25, 0.3) is 0 Å². The van der Waals surface area contributed by atoms with Gasteiger partial charge in [-0.15, -0.1) is 6.58 Å². The zero-order valence-electron chi connectivity index (χ0n) is 8.77. The molecule has 86 valence electrons. The summed E-state index contributed by atoms with van der Waals surface area (Å²) in [6.45, 7) is 4.55. The molecule has 0 saturated carbocycles. The van der Waals surface area contributed by atoms with Crippen molar-refractivity contribution in [1.82, 2.24) is 4.98 Å². The summed E-state index contributed by atoms with van der Waals surface area (Å²) in [5.41, 5.74) is 0.727. The quantitative estimate of drug-likeness (QED) is 0.612. The maximum atomic E-state index is 10.5. The van der Waals surface area contributed by atoms with E-state index in [9.17, 15) is 4.79 Å². The number of hydrogen-bond acceptors (Lipinski definition) is 3. The molecule has 1 rings (SSSR count). The van der Waals surface area contributed by atoms with E-state index in [1.165, 1.54) is 0 Å². The molecule has 5 heteroatoms. The fourth-order valence-corrected chi connectivity index (χ4v) is 1.55. The second kappa shape index (κ2) is 6.12. The summed E-state index contributed by atoms with van der Waals surface area (Å²) in [4.78, 5) is 16.3. The number of nitrogens with zero attached hydrogens (tertiary/aromatic N) is 2. The molecule has 0 aliphatic rings. The molecule has 0 aliphatic heterocycles. The molecule has 1 N–H and O–H groups in total. The van der Waals surface area contributed by atoms with Crippen molar-refractivity contribution < 1.29 is 9.90 Å². The molecule has 0 spiro atoms. The monoisotopic (exact) mass is 240 g/mol. The first kappa shape index (κ1) is 12.5. The Labute approximate surface area is 99.2 Å². The number of carboxylic acid groups (broad SMARTS) is 1. The second-order valence-electron chi connectivity index (χ2n) is 3.19. The highest BCUT2D eigenvalue weighted by atomic mass is 35.5. The second-order valence-corrected chi connectivity index (χ2v) is 3.55. The Morgan fingerprint density at radius 3 is 3.00 bits per heavy atom. The predicted molar refractivity (Wildman–Crippen MR) is 63.9 cm³/mol. The van der Waals surface area contributed by atoms with Crippen LogP contribution in [0.3, 0.4) is 0 Å². The maximum Gasteiger partial charge on any atom is 0.305 e. The van der Waals surface area contributed by atoms with Gasteiger partial charge in [0.1, 0.15) is 0 Å². The third-order valence-electron chi connectivity index (χ3n) is 2.03. The molecule has 16 heavy (non-hydrogen) atoms. The molecule has 0 saturated heterocycles. The summed E-state index contributed by atoms with van der Waals surface area (Å²) in [7, 11) is 0. The fraction of sp³-hybridized carbons (Fsp3) is 0.273. The van der Waals surface area contributed by atoms with Gasteiger partial charge in [0, 0.05) is 19.3 Å². The highest BCUT2D eigenvalue weighted by Crippen LogP contribution is 2.22. The standard InChI is InChI=1S/C11H13ClN2O2/c1-2-7-14(8-5-10(15)16)9-4-3-6-13-11(9)12/h2-4,6H,1,5,7-8H2,(H,15,16). The number of pyridine rings is 1. The lowest BCUT2D eigenvalue weighted by molar-refractivity contribution is -0.136. The van der Waals surface area contributed by atoms with Gasteiger partial charge in [0.05, 0.1) is 12.1 Å². The summed E-state index contributed by atoms with van der Waals surface area (Å²) < 4.78 is 0. The third-order valence-corrected chi connectivity index (χ3v) is 2.32. The zero-order valence-corrected chi connectivity index (χ0v) is 9.52. The van der Waals surface area contributed by atoms with E-state index in [2.05, 4.69) is 11.6 Å². The van der Waals surface area contributed by atoms with Gasteiger partial charge in [0.15, 0.2) is 5.15 Å². The molecule has 0 amide bonds. The third kappa shape index (κ3) is 3.55. The number of carboxylic acids is 1. The number of halogens is 1. The highest BCUT2D eigenvalue weighted by molar-refractivity contribution is 6.32. The molecule has 0 bridgehead atoms. The number of rotatable bonds is 6. The smallest absolute Gasteiger partial charge is 0.305 e. The molecular formula is C11H13ClN2O2. The summed E-state index contributed by atoms with van der Waals surface area (Å²) in [5, 5.41) is 9.02. The largest absolute Gasteiger partial charge is 0.481 e. The Morgan fingerprint density at radius 1 is 1.69 bits per heavy atom. The van der Waals surface area contributed by atoms with Crippen LogP contribution in [0.2, 0.25) is 5.15 Å². The van der Waals surface area contributed by atoms with E-state index >= 15 is 0 Å².